The van der Waals surface area contributed by atoms with Gasteiger partial charge in [0.1, 0.15) is 18.3 Å². The molecule has 1 aliphatic heterocycles. The van der Waals surface area contributed by atoms with Crippen molar-refractivity contribution in [1.82, 2.24) is 24.9 Å². The van der Waals surface area contributed by atoms with Crippen LogP contribution in [0.15, 0.2) is 48.9 Å². The smallest absolute Gasteiger partial charge is 0.417 e. The van der Waals surface area contributed by atoms with Crippen molar-refractivity contribution in [3.05, 3.63) is 65.9 Å². The summed E-state index contributed by atoms with van der Waals surface area (Å²) in [4.78, 5) is 18.3. The van der Waals surface area contributed by atoms with Crippen LogP contribution < -0.4 is 4.74 Å². The van der Waals surface area contributed by atoms with Gasteiger partial charge in [0.15, 0.2) is 5.82 Å². The molecule has 3 aromatic rings. The van der Waals surface area contributed by atoms with Crippen LogP contribution in [0.1, 0.15) is 22.3 Å². The van der Waals surface area contributed by atoms with Gasteiger partial charge in [-0.05, 0) is 18.2 Å². The summed E-state index contributed by atoms with van der Waals surface area (Å²) in [7, 11) is 0. The number of nitrogens with zero attached hydrogens (tertiary/aromatic N) is 5. The number of carbonyl (C=O) groups is 1. The number of pyridine rings is 1. The van der Waals surface area contributed by atoms with Gasteiger partial charge in [-0.2, -0.15) is 23.4 Å². The van der Waals surface area contributed by atoms with Crippen molar-refractivity contribution in [2.45, 2.75) is 24.6 Å². The third-order valence-corrected chi connectivity index (χ3v) is 5.10. The second kappa shape index (κ2) is 8.37. The Labute approximate surface area is 182 Å². The molecule has 1 amide bonds. The van der Waals surface area contributed by atoms with E-state index in [0.717, 1.165) is 21.8 Å². The lowest BCUT2D eigenvalue weighted by atomic mass is 10.1. The number of aromatic nitrogens is 4. The van der Waals surface area contributed by atoms with Crippen molar-refractivity contribution in [1.29, 1.82) is 0 Å². The number of ether oxygens (including phenoxy) is 1. The van der Waals surface area contributed by atoms with Crippen LogP contribution in [-0.2, 0) is 6.18 Å². The third kappa shape index (κ3) is 4.47. The van der Waals surface area contributed by atoms with E-state index in [4.69, 9.17) is 4.74 Å². The predicted octanol–water partition coefficient (Wildman–Crippen LogP) is 3.75. The Hall–Kier alpha value is -3.64. The monoisotopic (exact) mass is 471 g/mol. The number of amides is 1. The quantitative estimate of drug-likeness (QED) is 0.530. The molecule has 0 unspecified atom stereocenters. The molecule has 0 aliphatic carbocycles. The first-order valence-corrected chi connectivity index (χ1v) is 9.58. The van der Waals surface area contributed by atoms with Gasteiger partial charge in [0, 0.05) is 25.2 Å². The number of hydrogen-bond acceptors (Lipinski definition) is 5. The minimum atomic E-state index is -4.61. The molecule has 1 aromatic carbocycles. The molecule has 7 nitrogen and oxygen atoms in total. The van der Waals surface area contributed by atoms with Crippen LogP contribution in [0.3, 0.4) is 0 Å². The van der Waals surface area contributed by atoms with Gasteiger partial charge in [-0.1, -0.05) is 6.07 Å². The van der Waals surface area contributed by atoms with E-state index in [9.17, 15) is 31.1 Å². The highest BCUT2D eigenvalue weighted by atomic mass is 19.4. The van der Waals surface area contributed by atoms with Gasteiger partial charge in [-0.25, -0.2) is 18.2 Å². The van der Waals surface area contributed by atoms with Crippen molar-refractivity contribution in [2.24, 2.45) is 0 Å². The maximum absolute atomic E-state index is 14.6. The molecule has 2 aromatic heterocycles. The minimum Gasteiger partial charge on any atom is -0.475 e. The van der Waals surface area contributed by atoms with Gasteiger partial charge in [0.25, 0.3) is 11.8 Å². The fourth-order valence-corrected chi connectivity index (χ4v) is 3.45. The van der Waals surface area contributed by atoms with Crippen LogP contribution in [0.25, 0.3) is 5.69 Å². The molecular weight excluding hydrogens is 456 g/mol. The van der Waals surface area contributed by atoms with E-state index in [1.54, 1.807) is 0 Å². The maximum Gasteiger partial charge on any atom is 0.417 e. The van der Waals surface area contributed by atoms with Crippen molar-refractivity contribution < 1.29 is 35.9 Å². The zero-order valence-electron chi connectivity index (χ0n) is 16.6. The first-order valence-electron chi connectivity index (χ1n) is 9.58. The van der Waals surface area contributed by atoms with E-state index in [1.165, 1.54) is 24.5 Å². The molecule has 1 fully saturated rings. The van der Waals surface area contributed by atoms with Crippen molar-refractivity contribution in [3.63, 3.8) is 0 Å². The second-order valence-corrected chi connectivity index (χ2v) is 7.17. The highest BCUT2D eigenvalue weighted by Crippen LogP contribution is 2.36. The second-order valence-electron chi connectivity index (χ2n) is 7.17. The van der Waals surface area contributed by atoms with E-state index in [-0.39, 0.29) is 23.7 Å². The zero-order valence-corrected chi connectivity index (χ0v) is 16.6. The molecular formula is C20H15F6N5O2. The van der Waals surface area contributed by atoms with E-state index < -0.39 is 48.5 Å². The minimum absolute atomic E-state index is 0.235. The lowest BCUT2D eigenvalue weighted by Crippen LogP contribution is -2.46. The molecule has 33 heavy (non-hydrogen) atoms. The summed E-state index contributed by atoms with van der Waals surface area (Å²) in [6.07, 6.45) is -2.24. The normalized spacial score (nSPS) is 17.9. The highest BCUT2D eigenvalue weighted by Gasteiger charge is 2.51. The molecule has 1 saturated heterocycles. The fraction of sp³-hybridized carbons (Fsp3) is 0.300. The number of rotatable bonds is 5. The van der Waals surface area contributed by atoms with Crippen molar-refractivity contribution in [2.75, 3.05) is 13.2 Å². The van der Waals surface area contributed by atoms with Gasteiger partial charge in [-0.3, -0.25) is 4.79 Å². The predicted molar refractivity (Wildman–Crippen MR) is 100 cm³/mol. The molecule has 1 aliphatic rings. The summed E-state index contributed by atoms with van der Waals surface area (Å²) in [5.74, 6) is -5.39. The number of carbonyl (C=O) groups excluding carboxylic acids is 1. The van der Waals surface area contributed by atoms with E-state index in [1.807, 2.05) is 0 Å². The lowest BCUT2D eigenvalue weighted by molar-refractivity contribution is -0.137. The van der Waals surface area contributed by atoms with Gasteiger partial charge in [0.05, 0.1) is 23.5 Å². The van der Waals surface area contributed by atoms with Gasteiger partial charge < -0.3 is 9.64 Å². The maximum atomic E-state index is 14.6. The molecule has 3 heterocycles. The Morgan fingerprint density at radius 1 is 1.15 bits per heavy atom. The fourth-order valence-electron chi connectivity index (χ4n) is 3.45. The van der Waals surface area contributed by atoms with Crippen LogP contribution in [0.2, 0.25) is 0 Å². The van der Waals surface area contributed by atoms with Gasteiger partial charge >= 0.3 is 6.18 Å². The molecule has 13 heteroatoms. The summed E-state index contributed by atoms with van der Waals surface area (Å²) >= 11 is 0. The number of benzene rings is 1. The topological polar surface area (TPSA) is 73.1 Å². The Morgan fingerprint density at radius 3 is 2.52 bits per heavy atom. The average Bonchev–Trinajstić information content (AvgIpc) is 3.39. The van der Waals surface area contributed by atoms with Gasteiger partial charge in [-0.15, -0.1) is 4.80 Å². The van der Waals surface area contributed by atoms with Crippen LogP contribution >= 0.6 is 0 Å². The molecule has 0 spiro atoms. The number of para-hydroxylation sites is 1. The number of likely N-dealkylation sites (tertiary alicyclic amines) is 1. The van der Waals surface area contributed by atoms with Crippen molar-refractivity contribution in [3.8, 4) is 11.6 Å². The molecule has 174 valence electrons. The van der Waals surface area contributed by atoms with E-state index >= 15 is 0 Å². The summed E-state index contributed by atoms with van der Waals surface area (Å²) < 4.78 is 86.7. The molecule has 0 bridgehead atoms. The van der Waals surface area contributed by atoms with Crippen LogP contribution in [0.5, 0.6) is 5.88 Å². The first-order chi connectivity index (χ1) is 15.6. The Balaban J connectivity index is 1.57. The molecule has 4 rings (SSSR count). The first kappa shape index (κ1) is 22.6. The largest absolute Gasteiger partial charge is 0.475 e. The van der Waals surface area contributed by atoms with Crippen molar-refractivity contribution >= 4 is 5.91 Å². The van der Waals surface area contributed by atoms with Crippen LogP contribution in [0.4, 0.5) is 26.3 Å². The Morgan fingerprint density at radius 2 is 1.88 bits per heavy atom. The Bertz CT molecular complexity index is 1130. The standard InChI is InChI=1S/C20H15F6N5O2/c21-14-3-1-2-13(17(14)31-28-7-8-29-31)18(32)30-9-6-19(22,23)15(30)11-33-16-5-4-12(10-27-16)20(24,25)26/h1-5,7-8,10,15H,6,9,11H2/t15-/m1/s1. The van der Waals surface area contributed by atoms with Gasteiger partial charge in [0.2, 0.25) is 5.88 Å². The van der Waals surface area contributed by atoms with E-state index in [2.05, 4.69) is 15.2 Å². The zero-order chi connectivity index (χ0) is 23.8. The lowest BCUT2D eigenvalue weighted by Gasteiger charge is -2.28. The average molecular weight is 471 g/mol. The molecule has 1 atom stereocenters. The highest BCUT2D eigenvalue weighted by molar-refractivity contribution is 5.98. The summed E-state index contributed by atoms with van der Waals surface area (Å²) in [6.45, 7) is -1.08. The summed E-state index contributed by atoms with van der Waals surface area (Å²) in [6, 6.07) is 3.43. The molecule has 0 N–H and O–H groups in total. The number of halogens is 6. The molecule has 0 saturated carbocycles. The molecule has 0 radical (unpaired) electrons. The number of hydrogen-bond donors (Lipinski definition) is 0. The Kier molecular flexibility index (Phi) is 5.72. The van der Waals surface area contributed by atoms with E-state index in [0.29, 0.717) is 12.3 Å². The van der Waals surface area contributed by atoms with Crippen LogP contribution in [0, 0.1) is 5.82 Å². The summed E-state index contributed by atoms with van der Waals surface area (Å²) in [5, 5.41) is 7.60. The SMILES string of the molecule is O=C(c1cccc(F)c1-n1nccn1)N1CCC(F)(F)[C@H]1COc1ccc(C(F)(F)F)cn1. The summed E-state index contributed by atoms with van der Waals surface area (Å²) in [5.41, 5.74) is -1.56. The number of alkyl halides is 5. The third-order valence-electron chi connectivity index (χ3n) is 5.10. The van der Waals surface area contributed by atoms with Crippen LogP contribution in [-0.4, -0.2) is 55.9 Å².